The van der Waals surface area contributed by atoms with E-state index in [-0.39, 0.29) is 4.90 Å². The van der Waals surface area contributed by atoms with Crippen molar-refractivity contribution in [3.8, 4) is 5.75 Å². The van der Waals surface area contributed by atoms with Gasteiger partial charge in [0.25, 0.3) is 15.9 Å². The van der Waals surface area contributed by atoms with Gasteiger partial charge in [-0.15, -0.1) is 0 Å². The molecule has 1 amide bonds. The molecule has 5 nitrogen and oxygen atoms in total. The normalized spacial score (nSPS) is 11.2. The van der Waals surface area contributed by atoms with Crippen LogP contribution in [0.25, 0.3) is 0 Å². The highest BCUT2D eigenvalue weighted by atomic mass is 79.9. The molecule has 3 aromatic carbocycles. The molecule has 0 saturated heterocycles. The van der Waals surface area contributed by atoms with E-state index in [0.29, 0.717) is 17.9 Å². The van der Waals surface area contributed by atoms with Crippen molar-refractivity contribution in [2.75, 3.05) is 10.9 Å². The van der Waals surface area contributed by atoms with E-state index >= 15 is 0 Å². The lowest BCUT2D eigenvalue weighted by Crippen LogP contribution is -2.40. The summed E-state index contributed by atoms with van der Waals surface area (Å²) in [5, 5.41) is 0. The van der Waals surface area contributed by atoms with Crippen molar-refractivity contribution >= 4 is 37.5 Å². The van der Waals surface area contributed by atoms with E-state index in [2.05, 4.69) is 22.9 Å². The highest BCUT2D eigenvalue weighted by Gasteiger charge is 2.31. The van der Waals surface area contributed by atoms with E-state index < -0.39 is 22.5 Å². The van der Waals surface area contributed by atoms with Gasteiger partial charge in [0, 0.05) is 4.47 Å². The third-order valence-electron chi connectivity index (χ3n) is 5.25. The summed E-state index contributed by atoms with van der Waals surface area (Å²) in [5.41, 5.74) is 2.32. The molecule has 3 rings (SSSR count). The number of anilines is 1. The number of hydrogen-bond acceptors (Lipinski definition) is 4. The van der Waals surface area contributed by atoms with Crippen LogP contribution in [-0.4, -0.2) is 20.9 Å². The first kappa shape index (κ1) is 25.0. The predicted octanol–water partition coefficient (Wildman–Crippen LogP) is 6.16. The zero-order chi connectivity index (χ0) is 23.8. The number of nitrogens with zero attached hydrogens (tertiary/aromatic N) is 1. The molecule has 0 aliphatic rings. The first-order valence-electron chi connectivity index (χ1n) is 11.0. The molecule has 0 atom stereocenters. The summed E-state index contributed by atoms with van der Waals surface area (Å²) in [7, 11) is -4.11. The average molecular weight is 530 g/mol. The Morgan fingerprint density at radius 1 is 0.970 bits per heavy atom. The van der Waals surface area contributed by atoms with Gasteiger partial charge in [-0.3, -0.25) is 4.79 Å². The monoisotopic (exact) mass is 529 g/mol. The van der Waals surface area contributed by atoms with E-state index in [9.17, 15) is 13.2 Å². The van der Waals surface area contributed by atoms with Crippen molar-refractivity contribution in [1.82, 2.24) is 0 Å². The van der Waals surface area contributed by atoms with Gasteiger partial charge in [0.05, 0.1) is 10.6 Å². The fourth-order valence-corrected chi connectivity index (χ4v) is 5.30. The third-order valence-corrected chi connectivity index (χ3v) is 7.51. The molecule has 0 N–H and O–H groups in total. The molecule has 0 saturated carbocycles. The fourth-order valence-electron chi connectivity index (χ4n) is 3.46. The van der Waals surface area contributed by atoms with Crippen LogP contribution in [-0.2, 0) is 27.7 Å². The van der Waals surface area contributed by atoms with Crippen molar-refractivity contribution in [1.29, 1.82) is 0 Å². The molecule has 0 bridgehead atoms. The number of carbonyl (C=O) groups excluding carboxylic acids is 1. The Bertz CT molecular complexity index is 1180. The van der Waals surface area contributed by atoms with Gasteiger partial charge >= 0.3 is 0 Å². The maximum absolute atomic E-state index is 13.5. The van der Waals surface area contributed by atoms with E-state index in [1.807, 2.05) is 31.2 Å². The van der Waals surface area contributed by atoms with Gasteiger partial charge in [-0.05, 0) is 72.9 Å². The minimum atomic E-state index is -4.11. The molecule has 0 spiro atoms. The second-order valence-corrected chi connectivity index (χ2v) is 10.3. The molecule has 0 fully saturated rings. The largest absolute Gasteiger partial charge is 0.483 e. The Kier molecular flexibility index (Phi) is 8.69. The number of amides is 1. The second kappa shape index (κ2) is 11.5. The van der Waals surface area contributed by atoms with Crippen LogP contribution in [0, 0.1) is 0 Å². The van der Waals surface area contributed by atoms with Crippen LogP contribution < -0.4 is 9.04 Å². The molecule has 0 aliphatic carbocycles. The van der Waals surface area contributed by atoms with Gasteiger partial charge in [0.2, 0.25) is 0 Å². The molecule has 33 heavy (non-hydrogen) atoms. The highest BCUT2D eigenvalue weighted by molar-refractivity contribution is 9.10. The maximum atomic E-state index is 13.5. The summed E-state index contributed by atoms with van der Waals surface area (Å²) in [4.78, 5) is 13.3. The smallest absolute Gasteiger partial charge is 0.278 e. The summed E-state index contributed by atoms with van der Waals surface area (Å²) >= 11 is 3.43. The summed E-state index contributed by atoms with van der Waals surface area (Å²) in [6, 6.07) is 20.6. The Morgan fingerprint density at radius 3 is 2.30 bits per heavy atom. The molecule has 7 heteroatoms. The third kappa shape index (κ3) is 6.24. The molecule has 0 aromatic heterocycles. The molecule has 0 radical (unpaired) electrons. The summed E-state index contributed by atoms with van der Waals surface area (Å²) in [6.45, 7) is 3.71. The SMILES string of the molecule is CCCCc1ccc(N(C(=O)COc2ccc(Br)cc2CC)S(=O)(=O)c2ccccc2)cc1. The zero-order valence-corrected chi connectivity index (χ0v) is 21.2. The number of halogens is 1. The number of aryl methyl sites for hydroxylation is 2. The first-order chi connectivity index (χ1) is 15.9. The predicted molar refractivity (Wildman–Crippen MR) is 135 cm³/mol. The minimum absolute atomic E-state index is 0.0475. The average Bonchev–Trinajstić information content (AvgIpc) is 2.83. The van der Waals surface area contributed by atoms with Crippen molar-refractivity contribution in [3.05, 3.63) is 88.4 Å². The van der Waals surface area contributed by atoms with E-state index in [1.54, 1.807) is 36.4 Å². The Morgan fingerprint density at radius 2 is 1.67 bits per heavy atom. The van der Waals surface area contributed by atoms with Crippen LogP contribution >= 0.6 is 15.9 Å². The number of benzene rings is 3. The van der Waals surface area contributed by atoms with Gasteiger partial charge in [-0.2, -0.15) is 4.31 Å². The lowest BCUT2D eigenvalue weighted by molar-refractivity contribution is -0.119. The van der Waals surface area contributed by atoms with Crippen LogP contribution in [0.1, 0.15) is 37.8 Å². The number of unbranched alkanes of at least 4 members (excludes halogenated alkanes) is 1. The lowest BCUT2D eigenvalue weighted by atomic mass is 10.1. The van der Waals surface area contributed by atoms with Gasteiger partial charge < -0.3 is 4.74 Å². The Balaban J connectivity index is 1.92. The van der Waals surface area contributed by atoms with Crippen molar-refractivity contribution < 1.29 is 17.9 Å². The standard InChI is InChI=1S/C26H28BrNO4S/c1-3-5-9-20-12-15-23(16-13-20)28(33(30,31)24-10-7-6-8-11-24)26(29)19-32-25-17-14-22(27)18-21(25)4-2/h6-8,10-18H,3-5,9,19H2,1-2H3. The van der Waals surface area contributed by atoms with Crippen molar-refractivity contribution in [3.63, 3.8) is 0 Å². The Labute approximate surface area is 204 Å². The van der Waals surface area contributed by atoms with Gasteiger partial charge in [-0.25, -0.2) is 8.42 Å². The topological polar surface area (TPSA) is 63.7 Å². The van der Waals surface area contributed by atoms with Crippen molar-refractivity contribution in [2.24, 2.45) is 0 Å². The van der Waals surface area contributed by atoms with Crippen LogP contribution in [0.4, 0.5) is 5.69 Å². The molecule has 174 valence electrons. The van der Waals surface area contributed by atoms with Gasteiger partial charge in [0.1, 0.15) is 5.75 Å². The lowest BCUT2D eigenvalue weighted by Gasteiger charge is -2.23. The highest BCUT2D eigenvalue weighted by Crippen LogP contribution is 2.27. The fraction of sp³-hybridized carbons (Fsp3) is 0.269. The van der Waals surface area contributed by atoms with Gasteiger partial charge in [0.15, 0.2) is 6.61 Å². The molecular formula is C26H28BrNO4S. The molecular weight excluding hydrogens is 502 g/mol. The van der Waals surface area contributed by atoms with E-state index in [0.717, 1.165) is 39.2 Å². The van der Waals surface area contributed by atoms with Crippen LogP contribution in [0.15, 0.2) is 82.2 Å². The van der Waals surface area contributed by atoms with E-state index in [1.165, 1.54) is 12.1 Å². The second-order valence-electron chi connectivity index (χ2n) is 7.64. The number of sulfonamides is 1. The van der Waals surface area contributed by atoms with Crippen LogP contribution in [0.2, 0.25) is 0 Å². The van der Waals surface area contributed by atoms with Gasteiger partial charge in [-0.1, -0.05) is 66.5 Å². The molecule has 0 aliphatic heterocycles. The van der Waals surface area contributed by atoms with Crippen molar-refractivity contribution in [2.45, 2.75) is 44.4 Å². The van der Waals surface area contributed by atoms with Crippen LogP contribution in [0.3, 0.4) is 0 Å². The summed E-state index contributed by atoms with van der Waals surface area (Å²) in [5.74, 6) is -0.105. The number of hydrogen-bond donors (Lipinski definition) is 0. The summed E-state index contributed by atoms with van der Waals surface area (Å²) in [6.07, 6.45) is 3.74. The Hall–Kier alpha value is -2.64. The number of ether oxygens (including phenoxy) is 1. The summed E-state index contributed by atoms with van der Waals surface area (Å²) < 4.78 is 34.4. The van der Waals surface area contributed by atoms with Crippen LogP contribution in [0.5, 0.6) is 5.75 Å². The maximum Gasteiger partial charge on any atom is 0.278 e. The molecule has 0 unspecified atom stereocenters. The van der Waals surface area contributed by atoms with E-state index in [4.69, 9.17) is 4.74 Å². The minimum Gasteiger partial charge on any atom is -0.483 e. The molecule has 3 aromatic rings. The number of rotatable bonds is 10. The number of carbonyl (C=O) groups is 1. The zero-order valence-electron chi connectivity index (χ0n) is 18.8. The quantitative estimate of drug-likeness (QED) is 0.315. The first-order valence-corrected chi connectivity index (χ1v) is 13.2. The molecule has 0 heterocycles.